The molecule has 0 aliphatic carbocycles. The second kappa shape index (κ2) is 8.52. The van der Waals surface area contributed by atoms with Gasteiger partial charge in [0, 0.05) is 25.6 Å². The number of carbonyl (C=O) groups is 1. The third-order valence-electron chi connectivity index (χ3n) is 4.51. The Kier molecular flexibility index (Phi) is 5.47. The fourth-order valence-corrected chi connectivity index (χ4v) is 2.94. The molecular weight excluding hydrogens is 371 g/mol. The third-order valence-corrected chi connectivity index (χ3v) is 4.51. The molecule has 0 saturated carbocycles. The highest BCUT2D eigenvalue weighted by Crippen LogP contribution is 2.23. The first-order valence-corrected chi connectivity index (χ1v) is 9.24. The topological polar surface area (TPSA) is 83.8 Å². The zero-order chi connectivity index (χ0) is 20.1. The number of nitrogens with one attached hydrogen (secondary N) is 2. The van der Waals surface area contributed by atoms with Crippen LogP contribution >= 0.6 is 0 Å². The summed E-state index contributed by atoms with van der Waals surface area (Å²) >= 11 is 0. The number of amides is 1. The van der Waals surface area contributed by atoms with E-state index in [0.717, 1.165) is 16.8 Å². The molecule has 1 amide bonds. The number of H-pyrrole nitrogens is 1. The maximum atomic E-state index is 13.8. The third kappa shape index (κ3) is 4.57. The van der Waals surface area contributed by atoms with E-state index in [1.54, 1.807) is 24.4 Å². The predicted molar refractivity (Wildman–Crippen MR) is 106 cm³/mol. The van der Waals surface area contributed by atoms with Crippen molar-refractivity contribution in [1.82, 2.24) is 20.5 Å². The van der Waals surface area contributed by atoms with Crippen LogP contribution in [0.25, 0.3) is 22.6 Å². The van der Waals surface area contributed by atoms with E-state index >= 15 is 0 Å². The fraction of sp³-hybridized carbons (Fsp3) is 0.136. The molecule has 0 radical (unpaired) electrons. The van der Waals surface area contributed by atoms with Gasteiger partial charge in [0.05, 0.1) is 17.5 Å². The summed E-state index contributed by atoms with van der Waals surface area (Å²) in [5.74, 6) is 0.290. The number of halogens is 1. The van der Waals surface area contributed by atoms with Crippen molar-refractivity contribution in [2.75, 3.05) is 0 Å². The molecule has 0 aliphatic heterocycles. The number of rotatable bonds is 7. The highest BCUT2D eigenvalue weighted by molar-refractivity contribution is 5.76. The largest absolute Gasteiger partial charge is 0.441 e. The van der Waals surface area contributed by atoms with E-state index in [9.17, 15) is 9.18 Å². The van der Waals surface area contributed by atoms with Gasteiger partial charge in [-0.1, -0.05) is 36.4 Å². The summed E-state index contributed by atoms with van der Waals surface area (Å²) in [6.07, 6.45) is 3.77. The Balaban J connectivity index is 1.27. The summed E-state index contributed by atoms with van der Waals surface area (Å²) in [4.78, 5) is 16.3. The molecule has 2 aromatic heterocycles. The smallest absolute Gasteiger partial charge is 0.220 e. The molecule has 2 heterocycles. The normalized spacial score (nSPS) is 10.8. The molecule has 2 aromatic carbocycles. The van der Waals surface area contributed by atoms with E-state index in [4.69, 9.17) is 4.42 Å². The van der Waals surface area contributed by atoms with Gasteiger partial charge >= 0.3 is 0 Å². The molecule has 2 N–H and O–H groups in total. The molecule has 0 aliphatic rings. The quantitative estimate of drug-likeness (QED) is 0.497. The van der Waals surface area contributed by atoms with Crippen LogP contribution in [0.3, 0.4) is 0 Å². The summed E-state index contributed by atoms with van der Waals surface area (Å²) in [5.41, 5.74) is 3.34. The Labute approximate surface area is 166 Å². The number of nitrogens with zero attached hydrogens (tertiary/aromatic N) is 2. The molecule has 0 saturated heterocycles. The van der Waals surface area contributed by atoms with Gasteiger partial charge in [-0.15, -0.1) is 0 Å². The molecular formula is C22H19FN4O2. The lowest BCUT2D eigenvalue weighted by atomic mass is 10.1. The second-order valence-corrected chi connectivity index (χ2v) is 6.54. The van der Waals surface area contributed by atoms with Gasteiger partial charge in [0.2, 0.25) is 5.91 Å². The summed E-state index contributed by atoms with van der Waals surface area (Å²) in [6.45, 7) is 0.439. The highest BCUT2D eigenvalue weighted by atomic mass is 19.1. The molecule has 0 atom stereocenters. The van der Waals surface area contributed by atoms with Crippen molar-refractivity contribution in [3.8, 4) is 22.6 Å². The minimum absolute atomic E-state index is 0.103. The van der Waals surface area contributed by atoms with E-state index in [2.05, 4.69) is 20.5 Å². The number of benzene rings is 2. The number of aromatic nitrogens is 3. The van der Waals surface area contributed by atoms with Crippen molar-refractivity contribution in [3.63, 3.8) is 0 Å². The number of hydrogen-bond donors (Lipinski definition) is 2. The molecule has 0 unspecified atom stereocenters. The number of aromatic amines is 1. The minimum Gasteiger partial charge on any atom is -0.441 e. The number of carbonyl (C=O) groups excluding carboxylic acids is 1. The SMILES string of the molecule is O=C(CCc1ncc(-c2ccccc2F)o1)NCc1ccc(-c2ccn[nH]2)cc1. The lowest BCUT2D eigenvalue weighted by molar-refractivity contribution is -0.121. The standard InChI is InChI=1S/C22H19FN4O2/c23-18-4-2-1-3-17(18)20-14-25-22(29-20)10-9-21(28)24-13-15-5-7-16(8-6-15)19-11-12-26-27-19/h1-8,11-12,14H,9-10,13H2,(H,24,28)(H,26,27). The van der Waals surface area contributed by atoms with Crippen LogP contribution in [0.5, 0.6) is 0 Å². The van der Waals surface area contributed by atoms with Gasteiger partial charge in [-0.25, -0.2) is 9.37 Å². The van der Waals surface area contributed by atoms with Crippen LogP contribution < -0.4 is 5.32 Å². The maximum Gasteiger partial charge on any atom is 0.220 e. The van der Waals surface area contributed by atoms with E-state index in [1.807, 2.05) is 30.3 Å². The van der Waals surface area contributed by atoms with E-state index in [0.29, 0.717) is 30.2 Å². The molecule has 4 aromatic rings. The highest BCUT2D eigenvalue weighted by Gasteiger charge is 2.11. The monoisotopic (exact) mass is 390 g/mol. The van der Waals surface area contributed by atoms with Crippen LogP contribution in [-0.2, 0) is 17.8 Å². The molecule has 0 bridgehead atoms. The molecule has 146 valence electrons. The zero-order valence-electron chi connectivity index (χ0n) is 15.6. The Bertz CT molecular complexity index is 1090. The van der Waals surface area contributed by atoms with Crippen LogP contribution in [0.2, 0.25) is 0 Å². The lowest BCUT2D eigenvalue weighted by Gasteiger charge is -2.05. The first kappa shape index (κ1) is 18.6. The molecule has 0 spiro atoms. The number of oxazole rings is 1. The maximum absolute atomic E-state index is 13.8. The minimum atomic E-state index is -0.369. The van der Waals surface area contributed by atoms with E-state index < -0.39 is 0 Å². The predicted octanol–water partition coefficient (Wildman–Crippen LogP) is 4.12. The van der Waals surface area contributed by atoms with Crippen molar-refractivity contribution in [1.29, 1.82) is 0 Å². The Morgan fingerprint density at radius 3 is 2.69 bits per heavy atom. The molecule has 4 rings (SSSR count). The van der Waals surface area contributed by atoms with E-state index in [1.165, 1.54) is 12.3 Å². The molecule has 6 nitrogen and oxygen atoms in total. The summed E-state index contributed by atoms with van der Waals surface area (Å²) in [6, 6.07) is 16.1. The Hall–Kier alpha value is -3.74. The van der Waals surface area contributed by atoms with Crippen LogP contribution in [0.1, 0.15) is 17.9 Å². The summed E-state index contributed by atoms with van der Waals surface area (Å²) in [5, 5.41) is 9.73. The van der Waals surface area contributed by atoms with Gasteiger partial charge < -0.3 is 9.73 Å². The first-order valence-electron chi connectivity index (χ1n) is 9.24. The van der Waals surface area contributed by atoms with Crippen molar-refractivity contribution in [2.45, 2.75) is 19.4 Å². The van der Waals surface area contributed by atoms with Gasteiger partial charge in [-0.05, 0) is 29.3 Å². The number of hydrogen-bond acceptors (Lipinski definition) is 4. The van der Waals surface area contributed by atoms with Gasteiger partial charge in [-0.3, -0.25) is 9.89 Å². The molecule has 29 heavy (non-hydrogen) atoms. The average Bonchev–Trinajstić information content (AvgIpc) is 3.44. The van der Waals surface area contributed by atoms with Crippen LogP contribution in [0, 0.1) is 5.82 Å². The lowest BCUT2D eigenvalue weighted by Crippen LogP contribution is -2.23. The Morgan fingerprint density at radius 1 is 1.10 bits per heavy atom. The van der Waals surface area contributed by atoms with Crippen molar-refractivity contribution in [3.05, 3.63) is 84.3 Å². The van der Waals surface area contributed by atoms with Crippen molar-refractivity contribution >= 4 is 5.91 Å². The fourth-order valence-electron chi connectivity index (χ4n) is 2.94. The summed E-state index contributed by atoms with van der Waals surface area (Å²) < 4.78 is 19.4. The second-order valence-electron chi connectivity index (χ2n) is 6.54. The van der Waals surface area contributed by atoms with Crippen LogP contribution in [0.15, 0.2) is 71.4 Å². The van der Waals surface area contributed by atoms with Crippen LogP contribution in [0.4, 0.5) is 4.39 Å². The van der Waals surface area contributed by atoms with E-state index in [-0.39, 0.29) is 18.1 Å². The number of aryl methyl sites for hydroxylation is 1. The zero-order valence-corrected chi connectivity index (χ0v) is 15.6. The Morgan fingerprint density at radius 2 is 1.93 bits per heavy atom. The van der Waals surface area contributed by atoms with Gasteiger partial charge in [-0.2, -0.15) is 5.10 Å². The summed E-state index contributed by atoms with van der Waals surface area (Å²) in [7, 11) is 0. The van der Waals surface area contributed by atoms with Gasteiger partial charge in [0.1, 0.15) is 5.82 Å². The van der Waals surface area contributed by atoms with Crippen molar-refractivity contribution < 1.29 is 13.6 Å². The first-order chi connectivity index (χ1) is 14.2. The molecule has 7 heteroatoms. The van der Waals surface area contributed by atoms with Gasteiger partial charge in [0.25, 0.3) is 0 Å². The molecule has 0 fully saturated rings. The van der Waals surface area contributed by atoms with Crippen molar-refractivity contribution in [2.24, 2.45) is 0 Å². The average molecular weight is 390 g/mol. The van der Waals surface area contributed by atoms with Gasteiger partial charge in [0.15, 0.2) is 11.7 Å². The van der Waals surface area contributed by atoms with Crippen LogP contribution in [-0.4, -0.2) is 21.1 Å².